The molecular formula is C24H29N3O3. The maximum atomic E-state index is 11.7. The number of primary amides is 1. The molecule has 1 saturated heterocycles. The summed E-state index contributed by atoms with van der Waals surface area (Å²) in [6, 6.07) is 14.6. The Labute approximate surface area is 177 Å². The summed E-state index contributed by atoms with van der Waals surface area (Å²) < 4.78 is 11.0. The molecule has 0 aliphatic carbocycles. The molecule has 0 bridgehead atoms. The zero-order chi connectivity index (χ0) is 21.3. The summed E-state index contributed by atoms with van der Waals surface area (Å²) >= 11 is 0. The Kier molecular flexibility index (Phi) is 5.68. The van der Waals surface area contributed by atoms with Crippen molar-refractivity contribution in [1.82, 2.24) is 9.88 Å². The van der Waals surface area contributed by atoms with E-state index in [2.05, 4.69) is 47.1 Å². The largest absolute Gasteiger partial charge is 0.493 e. The van der Waals surface area contributed by atoms with Crippen LogP contribution in [0, 0.1) is 12.8 Å². The molecule has 2 heterocycles. The molecule has 3 aromatic rings. The van der Waals surface area contributed by atoms with Crippen LogP contribution in [0.1, 0.15) is 35.7 Å². The quantitative estimate of drug-likeness (QED) is 0.652. The van der Waals surface area contributed by atoms with E-state index in [0.717, 1.165) is 42.7 Å². The van der Waals surface area contributed by atoms with Gasteiger partial charge in [0, 0.05) is 28.1 Å². The van der Waals surface area contributed by atoms with E-state index in [0.29, 0.717) is 11.5 Å². The summed E-state index contributed by atoms with van der Waals surface area (Å²) in [6.07, 6.45) is 1.56. The van der Waals surface area contributed by atoms with Crippen LogP contribution >= 0.6 is 0 Å². The fraction of sp³-hybridized carbons (Fsp3) is 0.375. The number of likely N-dealkylation sites (tertiary alicyclic amines) is 1. The number of nitrogens with two attached hydrogens (primary N) is 1. The molecule has 30 heavy (non-hydrogen) atoms. The number of carbonyl (C=O) groups excluding carboxylic acids is 1. The third kappa shape index (κ3) is 3.63. The molecule has 0 spiro atoms. The van der Waals surface area contributed by atoms with E-state index < -0.39 is 0 Å². The average Bonchev–Trinajstić information content (AvgIpc) is 3.10. The molecule has 0 radical (unpaired) electrons. The van der Waals surface area contributed by atoms with Gasteiger partial charge in [-0.1, -0.05) is 24.3 Å². The number of ether oxygens (including phenoxy) is 2. The number of hydrogen-bond donors (Lipinski definition) is 2. The molecule has 1 unspecified atom stereocenters. The van der Waals surface area contributed by atoms with Gasteiger partial charge in [0.1, 0.15) is 0 Å². The van der Waals surface area contributed by atoms with Gasteiger partial charge in [0.05, 0.1) is 20.3 Å². The topological polar surface area (TPSA) is 80.6 Å². The van der Waals surface area contributed by atoms with Crippen LogP contribution in [0.5, 0.6) is 11.5 Å². The van der Waals surface area contributed by atoms with Crippen LogP contribution in [0.3, 0.4) is 0 Å². The molecule has 2 aromatic carbocycles. The predicted octanol–water partition coefficient (Wildman–Crippen LogP) is 3.78. The monoisotopic (exact) mass is 407 g/mol. The third-order valence-electron chi connectivity index (χ3n) is 6.24. The van der Waals surface area contributed by atoms with Crippen molar-refractivity contribution in [3.05, 3.63) is 59.3 Å². The predicted molar refractivity (Wildman–Crippen MR) is 118 cm³/mol. The maximum absolute atomic E-state index is 11.7. The van der Waals surface area contributed by atoms with Gasteiger partial charge in [0.2, 0.25) is 5.91 Å². The van der Waals surface area contributed by atoms with Gasteiger partial charge in [0.25, 0.3) is 0 Å². The lowest BCUT2D eigenvalue weighted by Gasteiger charge is -2.37. The van der Waals surface area contributed by atoms with Crippen LogP contribution in [0.25, 0.3) is 10.9 Å². The molecule has 158 valence electrons. The van der Waals surface area contributed by atoms with E-state index in [1.54, 1.807) is 14.2 Å². The molecule has 6 nitrogen and oxygen atoms in total. The van der Waals surface area contributed by atoms with Gasteiger partial charge in [-0.05, 0) is 56.6 Å². The van der Waals surface area contributed by atoms with Crippen molar-refractivity contribution in [2.45, 2.75) is 25.8 Å². The third-order valence-corrected chi connectivity index (χ3v) is 6.24. The summed E-state index contributed by atoms with van der Waals surface area (Å²) in [7, 11) is 3.30. The van der Waals surface area contributed by atoms with E-state index in [9.17, 15) is 4.79 Å². The molecule has 1 aromatic heterocycles. The number of amides is 1. The lowest BCUT2D eigenvalue weighted by molar-refractivity contribution is -0.123. The minimum atomic E-state index is -0.194. The average molecular weight is 408 g/mol. The minimum Gasteiger partial charge on any atom is -0.493 e. The summed E-state index contributed by atoms with van der Waals surface area (Å²) in [5.74, 6) is 1.18. The van der Waals surface area contributed by atoms with Crippen molar-refractivity contribution in [3.8, 4) is 11.5 Å². The van der Waals surface area contributed by atoms with Gasteiger partial charge in [-0.25, -0.2) is 0 Å². The zero-order valence-electron chi connectivity index (χ0n) is 17.8. The van der Waals surface area contributed by atoms with Gasteiger partial charge >= 0.3 is 0 Å². The number of hydrogen-bond acceptors (Lipinski definition) is 4. The summed E-state index contributed by atoms with van der Waals surface area (Å²) in [5, 5.41) is 1.21. The highest BCUT2D eigenvalue weighted by atomic mass is 16.5. The molecule has 4 rings (SSSR count). The van der Waals surface area contributed by atoms with Crippen molar-refractivity contribution < 1.29 is 14.3 Å². The number of fused-ring (bicyclic) bond motifs is 1. The number of aromatic nitrogens is 1. The maximum Gasteiger partial charge on any atom is 0.220 e. The minimum absolute atomic E-state index is 0.0368. The van der Waals surface area contributed by atoms with Crippen molar-refractivity contribution in [1.29, 1.82) is 0 Å². The standard InChI is InChI=1S/C24H29N3O3/c1-15-22(18-6-4-5-7-19(18)26-15)23(27-12-10-16(11-13-27)24(25)28)17-8-9-20(29-2)21(14-17)30-3/h4-9,14,16,23,26H,10-13H2,1-3H3,(H2,25,28). The summed E-state index contributed by atoms with van der Waals surface area (Å²) in [6.45, 7) is 3.75. The van der Waals surface area contributed by atoms with Crippen LogP contribution < -0.4 is 15.2 Å². The normalized spacial score (nSPS) is 16.5. The number of carbonyl (C=O) groups is 1. The second-order valence-corrected chi connectivity index (χ2v) is 7.94. The number of H-pyrrole nitrogens is 1. The number of aryl methyl sites for hydroxylation is 1. The summed E-state index contributed by atoms with van der Waals surface area (Å²) in [5.41, 5.74) is 10.2. The molecule has 1 atom stereocenters. The highest BCUT2D eigenvalue weighted by Crippen LogP contribution is 2.40. The second kappa shape index (κ2) is 8.40. The van der Waals surface area contributed by atoms with Gasteiger partial charge in [-0.15, -0.1) is 0 Å². The first-order valence-electron chi connectivity index (χ1n) is 10.4. The molecule has 1 fully saturated rings. The number of methoxy groups -OCH3 is 2. The Bertz CT molecular complexity index is 1050. The van der Waals surface area contributed by atoms with E-state index in [1.807, 2.05) is 12.1 Å². The number of piperidine rings is 1. The number of aromatic amines is 1. The molecule has 3 N–H and O–H groups in total. The number of benzene rings is 2. The molecule has 0 saturated carbocycles. The zero-order valence-corrected chi connectivity index (χ0v) is 17.8. The number of nitrogens with one attached hydrogen (secondary N) is 1. The first-order chi connectivity index (χ1) is 14.5. The van der Waals surface area contributed by atoms with E-state index in [1.165, 1.54) is 10.9 Å². The SMILES string of the molecule is COc1ccc(C(c2c(C)[nH]c3ccccc23)N2CCC(C(N)=O)CC2)cc1OC. The molecule has 1 aliphatic rings. The second-order valence-electron chi connectivity index (χ2n) is 7.94. The highest BCUT2D eigenvalue weighted by molar-refractivity contribution is 5.85. The molecule has 1 aliphatic heterocycles. The Morgan fingerprint density at radius 2 is 1.80 bits per heavy atom. The van der Waals surface area contributed by atoms with Crippen LogP contribution in [-0.2, 0) is 4.79 Å². The van der Waals surface area contributed by atoms with Gasteiger partial charge in [-0.2, -0.15) is 0 Å². The Hall–Kier alpha value is -2.99. The van der Waals surface area contributed by atoms with Crippen LogP contribution in [0.4, 0.5) is 0 Å². The molecule has 1 amide bonds. The Balaban J connectivity index is 1.82. The van der Waals surface area contributed by atoms with Crippen LogP contribution in [0.15, 0.2) is 42.5 Å². The lowest BCUT2D eigenvalue weighted by atomic mass is 9.89. The van der Waals surface area contributed by atoms with Crippen molar-refractivity contribution >= 4 is 16.8 Å². The Morgan fingerprint density at radius 1 is 1.10 bits per heavy atom. The smallest absolute Gasteiger partial charge is 0.220 e. The first kappa shape index (κ1) is 20.3. The van der Waals surface area contributed by atoms with Gasteiger partial charge < -0.3 is 20.2 Å². The fourth-order valence-corrected chi connectivity index (χ4v) is 4.68. The van der Waals surface area contributed by atoms with Crippen molar-refractivity contribution in [3.63, 3.8) is 0 Å². The van der Waals surface area contributed by atoms with Crippen LogP contribution in [0.2, 0.25) is 0 Å². The van der Waals surface area contributed by atoms with Crippen molar-refractivity contribution in [2.75, 3.05) is 27.3 Å². The summed E-state index contributed by atoms with van der Waals surface area (Å²) in [4.78, 5) is 17.7. The van der Waals surface area contributed by atoms with Crippen molar-refractivity contribution in [2.24, 2.45) is 11.7 Å². The first-order valence-corrected chi connectivity index (χ1v) is 10.4. The van der Waals surface area contributed by atoms with E-state index >= 15 is 0 Å². The lowest BCUT2D eigenvalue weighted by Crippen LogP contribution is -2.41. The number of rotatable bonds is 6. The van der Waals surface area contributed by atoms with E-state index in [-0.39, 0.29) is 17.9 Å². The Morgan fingerprint density at radius 3 is 2.47 bits per heavy atom. The van der Waals surface area contributed by atoms with Crippen LogP contribution in [-0.4, -0.2) is 43.1 Å². The number of nitrogens with zero attached hydrogens (tertiary/aromatic N) is 1. The molecule has 6 heteroatoms. The van der Waals surface area contributed by atoms with E-state index in [4.69, 9.17) is 15.2 Å². The fourth-order valence-electron chi connectivity index (χ4n) is 4.68. The highest BCUT2D eigenvalue weighted by Gasteiger charge is 2.32. The van der Waals surface area contributed by atoms with Gasteiger partial charge in [0.15, 0.2) is 11.5 Å². The van der Waals surface area contributed by atoms with Gasteiger partial charge in [-0.3, -0.25) is 9.69 Å². The number of para-hydroxylation sites is 1. The molecular weight excluding hydrogens is 378 g/mol.